The average molecular weight is 372 g/mol. The van der Waals surface area contributed by atoms with Crippen molar-refractivity contribution in [2.45, 2.75) is 39.8 Å². The molecule has 0 heterocycles. The molecule has 25 heavy (non-hydrogen) atoms. The highest BCUT2D eigenvalue weighted by molar-refractivity contribution is 7.57. The molecule has 8 nitrogen and oxygen atoms in total. The summed E-state index contributed by atoms with van der Waals surface area (Å²) in [5, 5.41) is 5.28. The molecule has 0 saturated heterocycles. The number of anilines is 1. The zero-order valence-corrected chi connectivity index (χ0v) is 16.0. The summed E-state index contributed by atoms with van der Waals surface area (Å²) in [6.45, 7) is 6.40. The van der Waals surface area contributed by atoms with E-state index in [0.717, 1.165) is 0 Å². The summed E-state index contributed by atoms with van der Waals surface area (Å²) in [4.78, 5) is 22.9. The molecular weight excluding hydrogens is 347 g/mol. The molecule has 9 heteroatoms. The Balaban J connectivity index is 2.82. The minimum Gasteiger partial charge on any atom is -0.462 e. The van der Waals surface area contributed by atoms with Crippen LogP contribution in [0.2, 0.25) is 0 Å². The summed E-state index contributed by atoms with van der Waals surface area (Å²) in [5.41, 5.74) is 0.586. The van der Waals surface area contributed by atoms with Gasteiger partial charge in [0.25, 0.3) is 0 Å². The fourth-order valence-electron chi connectivity index (χ4n) is 1.91. The van der Waals surface area contributed by atoms with Gasteiger partial charge in [-0.25, -0.2) is 5.09 Å². The second-order valence-electron chi connectivity index (χ2n) is 5.72. The molecule has 0 saturated carbocycles. The molecule has 1 aromatic rings. The van der Waals surface area contributed by atoms with Crippen LogP contribution in [0.15, 0.2) is 24.3 Å². The van der Waals surface area contributed by atoms with E-state index in [2.05, 4.69) is 10.4 Å². The van der Waals surface area contributed by atoms with Crippen LogP contribution >= 0.6 is 7.52 Å². The number of ether oxygens (including phenoxy) is 2. The molecule has 1 amide bonds. The maximum atomic E-state index is 12.9. The van der Waals surface area contributed by atoms with E-state index in [-0.39, 0.29) is 18.4 Å². The van der Waals surface area contributed by atoms with Crippen LogP contribution in [-0.2, 0) is 23.6 Å². The van der Waals surface area contributed by atoms with Gasteiger partial charge in [0.05, 0.1) is 6.10 Å². The van der Waals surface area contributed by atoms with Gasteiger partial charge in [0.1, 0.15) is 18.1 Å². The van der Waals surface area contributed by atoms with Crippen LogP contribution in [0, 0.1) is 0 Å². The number of benzene rings is 1. The van der Waals surface area contributed by atoms with E-state index in [1.54, 1.807) is 38.1 Å². The first-order valence-electron chi connectivity index (χ1n) is 7.78. The molecule has 0 fully saturated rings. The Morgan fingerprint density at radius 2 is 1.76 bits per heavy atom. The van der Waals surface area contributed by atoms with Crippen LogP contribution in [0.5, 0.6) is 5.75 Å². The first-order chi connectivity index (χ1) is 11.6. The molecule has 1 rings (SSSR count). The Bertz CT molecular complexity index is 632. The van der Waals surface area contributed by atoms with Crippen LogP contribution in [0.25, 0.3) is 0 Å². The number of carbonyl (C=O) groups excluding carboxylic acids is 2. The molecule has 1 aromatic carbocycles. The minimum absolute atomic E-state index is 0.196. The standard InChI is InChI=1S/C16H25N2O6P/c1-11(2)23-16(20)12(3)18-25(21,10-22-5)24-15-8-6-14(7-9-15)17-13(4)19/h6-9,11-12H,10H2,1-5H3,(H,17,19)(H,18,21). The Morgan fingerprint density at radius 3 is 2.24 bits per heavy atom. The van der Waals surface area contributed by atoms with E-state index in [1.807, 2.05) is 0 Å². The van der Waals surface area contributed by atoms with Crippen molar-refractivity contribution in [1.82, 2.24) is 5.09 Å². The Hall–Kier alpha value is -1.89. The van der Waals surface area contributed by atoms with Gasteiger partial charge in [0.15, 0.2) is 0 Å². The largest absolute Gasteiger partial charge is 0.462 e. The first-order valence-corrected chi connectivity index (χ1v) is 9.59. The van der Waals surface area contributed by atoms with Gasteiger partial charge in [-0.15, -0.1) is 0 Å². The van der Waals surface area contributed by atoms with Crippen molar-refractivity contribution >= 4 is 25.1 Å². The molecule has 0 aromatic heterocycles. The highest BCUT2D eigenvalue weighted by Crippen LogP contribution is 2.43. The molecule has 0 spiro atoms. The number of esters is 1. The predicted molar refractivity (Wildman–Crippen MR) is 94.7 cm³/mol. The first kappa shape index (κ1) is 21.2. The van der Waals surface area contributed by atoms with Crippen molar-refractivity contribution in [2.24, 2.45) is 0 Å². The normalized spacial score (nSPS) is 14.5. The Kier molecular flexibility index (Phi) is 8.09. The number of rotatable bonds is 9. The SMILES string of the molecule is COCP(=O)(NC(C)C(=O)OC(C)C)Oc1ccc(NC(C)=O)cc1. The van der Waals surface area contributed by atoms with E-state index in [4.69, 9.17) is 14.0 Å². The summed E-state index contributed by atoms with van der Waals surface area (Å²) in [6.07, 6.45) is -0.500. The van der Waals surface area contributed by atoms with Crippen LogP contribution in [0.1, 0.15) is 27.7 Å². The average Bonchev–Trinajstić information content (AvgIpc) is 2.48. The van der Waals surface area contributed by atoms with Crippen molar-refractivity contribution in [3.8, 4) is 5.75 Å². The third kappa shape index (κ3) is 7.69. The van der Waals surface area contributed by atoms with Crippen molar-refractivity contribution in [1.29, 1.82) is 0 Å². The molecule has 140 valence electrons. The fraction of sp³-hybridized carbons (Fsp3) is 0.500. The lowest BCUT2D eigenvalue weighted by atomic mass is 10.3. The van der Waals surface area contributed by atoms with E-state index < -0.39 is 19.5 Å². The molecule has 2 unspecified atom stereocenters. The smallest absolute Gasteiger partial charge is 0.342 e. The summed E-state index contributed by atoms with van der Waals surface area (Å²) >= 11 is 0. The molecule has 0 aliphatic rings. The van der Waals surface area contributed by atoms with Gasteiger partial charge in [-0.3, -0.25) is 14.2 Å². The van der Waals surface area contributed by atoms with Crippen molar-refractivity contribution in [2.75, 3.05) is 18.8 Å². The van der Waals surface area contributed by atoms with Gasteiger partial charge in [0.2, 0.25) is 5.91 Å². The van der Waals surface area contributed by atoms with Crippen LogP contribution in [-0.4, -0.2) is 37.5 Å². The maximum Gasteiger partial charge on any atom is 0.342 e. The van der Waals surface area contributed by atoms with Crippen molar-refractivity contribution in [3.05, 3.63) is 24.3 Å². The van der Waals surface area contributed by atoms with E-state index >= 15 is 0 Å². The molecule has 0 aliphatic heterocycles. The summed E-state index contributed by atoms with van der Waals surface area (Å²) in [5.74, 6) is -0.416. The second kappa shape index (κ2) is 9.56. The minimum atomic E-state index is -3.50. The summed E-state index contributed by atoms with van der Waals surface area (Å²) < 4.78 is 28.5. The number of nitrogens with one attached hydrogen (secondary N) is 2. The predicted octanol–water partition coefficient (Wildman–Crippen LogP) is 2.75. The van der Waals surface area contributed by atoms with Crippen LogP contribution in [0.4, 0.5) is 5.69 Å². The topological polar surface area (TPSA) is 103 Å². The monoisotopic (exact) mass is 372 g/mol. The number of carbonyl (C=O) groups is 2. The zero-order chi connectivity index (χ0) is 19.0. The van der Waals surface area contributed by atoms with Gasteiger partial charge in [-0.1, -0.05) is 0 Å². The number of amides is 1. The van der Waals surface area contributed by atoms with E-state index in [1.165, 1.54) is 21.0 Å². The summed E-state index contributed by atoms with van der Waals surface area (Å²) in [7, 11) is -2.11. The fourth-order valence-corrected chi connectivity index (χ4v) is 3.59. The highest BCUT2D eigenvalue weighted by Gasteiger charge is 2.30. The Morgan fingerprint density at radius 1 is 1.16 bits per heavy atom. The van der Waals surface area contributed by atoms with Gasteiger partial charge in [-0.2, -0.15) is 0 Å². The lowest BCUT2D eigenvalue weighted by Crippen LogP contribution is -2.36. The molecular formula is C16H25N2O6P. The maximum absolute atomic E-state index is 12.9. The molecule has 0 aliphatic carbocycles. The number of hydrogen-bond acceptors (Lipinski definition) is 6. The van der Waals surface area contributed by atoms with Gasteiger partial charge >= 0.3 is 13.5 Å². The third-order valence-corrected chi connectivity index (χ3v) is 4.71. The highest BCUT2D eigenvalue weighted by atomic mass is 31.2. The third-order valence-electron chi connectivity index (χ3n) is 2.82. The summed E-state index contributed by atoms with van der Waals surface area (Å²) in [6, 6.07) is 5.52. The second-order valence-corrected chi connectivity index (χ2v) is 7.77. The molecule has 2 N–H and O–H groups in total. The Labute approximate surface area is 147 Å². The van der Waals surface area contributed by atoms with Gasteiger partial charge in [-0.05, 0) is 45.0 Å². The zero-order valence-electron chi connectivity index (χ0n) is 15.1. The number of hydrogen-bond donors (Lipinski definition) is 2. The molecule has 0 radical (unpaired) electrons. The number of methoxy groups -OCH3 is 1. The molecule has 2 atom stereocenters. The van der Waals surface area contributed by atoms with Crippen molar-refractivity contribution in [3.63, 3.8) is 0 Å². The van der Waals surface area contributed by atoms with E-state index in [0.29, 0.717) is 11.4 Å². The van der Waals surface area contributed by atoms with Gasteiger partial charge in [0, 0.05) is 19.7 Å². The van der Waals surface area contributed by atoms with E-state index in [9.17, 15) is 14.2 Å². The lowest BCUT2D eigenvalue weighted by Gasteiger charge is -2.23. The van der Waals surface area contributed by atoms with Crippen LogP contribution < -0.4 is 14.9 Å². The van der Waals surface area contributed by atoms with Crippen LogP contribution in [0.3, 0.4) is 0 Å². The molecule has 0 bridgehead atoms. The van der Waals surface area contributed by atoms with Gasteiger partial charge < -0.3 is 19.3 Å². The quantitative estimate of drug-likeness (QED) is 0.507. The van der Waals surface area contributed by atoms with Crippen molar-refractivity contribution < 1.29 is 28.2 Å². The lowest BCUT2D eigenvalue weighted by molar-refractivity contribution is -0.149.